The molecule has 1 spiro atoms. The number of aliphatic carboxylic acids is 1. The van der Waals surface area contributed by atoms with Gasteiger partial charge in [-0.2, -0.15) is 0 Å². The van der Waals surface area contributed by atoms with E-state index < -0.39 is 11.6 Å². The zero-order valence-corrected chi connectivity index (χ0v) is 19.7. The van der Waals surface area contributed by atoms with E-state index in [2.05, 4.69) is 5.32 Å². The van der Waals surface area contributed by atoms with E-state index in [9.17, 15) is 14.4 Å². The molecule has 2 aliphatic rings. The van der Waals surface area contributed by atoms with Crippen LogP contribution in [0.5, 0.6) is 0 Å². The van der Waals surface area contributed by atoms with E-state index in [0.29, 0.717) is 44.4 Å². The van der Waals surface area contributed by atoms with Gasteiger partial charge in [0.2, 0.25) is 5.91 Å². The van der Waals surface area contributed by atoms with E-state index in [4.69, 9.17) is 14.6 Å². The van der Waals surface area contributed by atoms with Crippen LogP contribution in [0.15, 0.2) is 0 Å². The van der Waals surface area contributed by atoms with Crippen LogP contribution < -0.4 is 5.32 Å². The number of ether oxygens (including phenoxy) is 2. The summed E-state index contributed by atoms with van der Waals surface area (Å²) >= 11 is 0. The lowest BCUT2D eigenvalue weighted by Crippen LogP contribution is -2.56. The average molecular weight is 463 g/mol. The molecule has 2 N–H and O–H groups in total. The van der Waals surface area contributed by atoms with Crippen LogP contribution in [-0.2, 0) is 19.1 Å². The van der Waals surface area contributed by atoms with E-state index in [1.165, 1.54) is 10.8 Å². The number of nitrogens with zero attached hydrogens (tertiary/aromatic N) is 1. The van der Waals surface area contributed by atoms with E-state index >= 15 is 0 Å². The van der Waals surface area contributed by atoms with Crippen molar-refractivity contribution in [3.05, 3.63) is 0 Å². The molecule has 0 saturated carbocycles. The highest BCUT2D eigenvalue weighted by Gasteiger charge is 2.48. The highest BCUT2D eigenvalue weighted by molar-refractivity contribution is 8.76. The fraction of sp³-hybridized carbons (Fsp3) is 0.850. The molecule has 0 aromatic heterocycles. The maximum Gasteiger partial charge on any atom is 0.410 e. The second kappa shape index (κ2) is 11.5. The zero-order chi connectivity index (χ0) is 22.2. The highest BCUT2D eigenvalue weighted by Crippen LogP contribution is 2.45. The topological polar surface area (TPSA) is 105 Å². The molecule has 0 radical (unpaired) electrons. The lowest BCUT2D eigenvalue weighted by atomic mass is 9.65. The van der Waals surface area contributed by atoms with Crippen molar-refractivity contribution in [2.75, 3.05) is 44.4 Å². The monoisotopic (exact) mass is 462 g/mol. The summed E-state index contributed by atoms with van der Waals surface area (Å²) in [4.78, 5) is 37.8. The van der Waals surface area contributed by atoms with Crippen molar-refractivity contribution in [3.63, 3.8) is 0 Å². The third-order valence-electron chi connectivity index (χ3n) is 5.45. The Morgan fingerprint density at radius 1 is 1.17 bits per heavy atom. The molecule has 2 saturated heterocycles. The SMILES string of the molecule is CC(C)(C)OC(=O)N1CCC2(CCOCC2)C(C(=O)NCCSSCCC(=O)O)C1. The predicted octanol–water partition coefficient (Wildman–Crippen LogP) is 3.01. The number of carboxylic acid groups (broad SMARTS) is 1. The Morgan fingerprint density at radius 2 is 1.83 bits per heavy atom. The average Bonchev–Trinajstić information content (AvgIpc) is 2.66. The Bertz CT molecular complexity index is 605. The maximum atomic E-state index is 13.1. The fourth-order valence-electron chi connectivity index (χ4n) is 3.85. The number of nitrogens with one attached hydrogen (secondary N) is 1. The third-order valence-corrected chi connectivity index (χ3v) is 7.85. The Hall–Kier alpha value is -1.13. The van der Waals surface area contributed by atoms with Gasteiger partial charge in [0, 0.05) is 44.4 Å². The zero-order valence-electron chi connectivity index (χ0n) is 18.1. The first-order valence-electron chi connectivity index (χ1n) is 10.4. The first-order chi connectivity index (χ1) is 14.1. The molecule has 2 amide bonds. The molecular weight excluding hydrogens is 428 g/mol. The van der Waals surface area contributed by atoms with Crippen LogP contribution in [0.25, 0.3) is 0 Å². The molecule has 1 atom stereocenters. The van der Waals surface area contributed by atoms with Crippen molar-refractivity contribution in [1.82, 2.24) is 10.2 Å². The molecule has 8 nitrogen and oxygen atoms in total. The Morgan fingerprint density at radius 3 is 2.47 bits per heavy atom. The summed E-state index contributed by atoms with van der Waals surface area (Å²) in [6.07, 6.45) is 2.19. The van der Waals surface area contributed by atoms with Gasteiger partial charge < -0.3 is 24.8 Å². The highest BCUT2D eigenvalue weighted by atomic mass is 33.1. The second-order valence-electron chi connectivity index (χ2n) is 8.78. The van der Waals surface area contributed by atoms with Gasteiger partial charge in [-0.25, -0.2) is 4.79 Å². The van der Waals surface area contributed by atoms with E-state index in [1.807, 2.05) is 20.8 Å². The number of carboxylic acids is 1. The normalized spacial score (nSPS) is 21.3. The lowest BCUT2D eigenvalue weighted by molar-refractivity contribution is -0.138. The van der Waals surface area contributed by atoms with Crippen molar-refractivity contribution >= 4 is 39.6 Å². The van der Waals surface area contributed by atoms with Crippen LogP contribution in [0, 0.1) is 11.3 Å². The van der Waals surface area contributed by atoms with Crippen LogP contribution in [-0.4, -0.2) is 77.9 Å². The molecule has 2 fully saturated rings. The van der Waals surface area contributed by atoms with E-state index in [-0.39, 0.29) is 29.8 Å². The van der Waals surface area contributed by atoms with Crippen molar-refractivity contribution in [2.45, 2.75) is 52.1 Å². The molecule has 2 aliphatic heterocycles. The molecule has 2 rings (SSSR count). The maximum absolute atomic E-state index is 13.1. The molecule has 172 valence electrons. The number of hydrogen-bond acceptors (Lipinski definition) is 7. The molecular formula is C20H34N2O6S2. The quantitative estimate of drug-likeness (QED) is 0.419. The minimum Gasteiger partial charge on any atom is -0.481 e. The first kappa shape index (κ1) is 25.1. The summed E-state index contributed by atoms with van der Waals surface area (Å²) in [6, 6.07) is 0. The Labute approximate surface area is 186 Å². The van der Waals surface area contributed by atoms with Crippen LogP contribution >= 0.6 is 21.6 Å². The van der Waals surface area contributed by atoms with Gasteiger partial charge in [0.25, 0.3) is 0 Å². The Balaban J connectivity index is 1.90. The van der Waals surface area contributed by atoms with Gasteiger partial charge >= 0.3 is 12.1 Å². The molecule has 0 aliphatic carbocycles. The lowest BCUT2D eigenvalue weighted by Gasteiger charge is -2.48. The number of carbonyl (C=O) groups excluding carboxylic acids is 2. The van der Waals surface area contributed by atoms with Crippen molar-refractivity contribution < 1.29 is 29.0 Å². The molecule has 10 heteroatoms. The third kappa shape index (κ3) is 7.85. The summed E-state index contributed by atoms with van der Waals surface area (Å²) in [6.45, 7) is 8.27. The fourth-order valence-corrected chi connectivity index (χ4v) is 5.74. The molecule has 30 heavy (non-hydrogen) atoms. The predicted molar refractivity (Wildman–Crippen MR) is 119 cm³/mol. The van der Waals surface area contributed by atoms with Gasteiger partial charge in [0.15, 0.2) is 0 Å². The Kier molecular flexibility index (Phi) is 9.62. The first-order valence-corrected chi connectivity index (χ1v) is 12.9. The summed E-state index contributed by atoms with van der Waals surface area (Å²) in [7, 11) is 3.06. The molecule has 0 aromatic rings. The minimum atomic E-state index is -0.801. The van der Waals surface area contributed by atoms with E-state index in [1.54, 1.807) is 15.7 Å². The molecule has 1 unspecified atom stereocenters. The summed E-state index contributed by atoms with van der Waals surface area (Å²) in [5.41, 5.74) is -0.706. The van der Waals surface area contributed by atoms with Gasteiger partial charge in [0.05, 0.1) is 12.3 Å². The largest absolute Gasteiger partial charge is 0.481 e. The number of piperidine rings is 1. The van der Waals surface area contributed by atoms with Crippen LogP contribution in [0.2, 0.25) is 0 Å². The summed E-state index contributed by atoms with van der Waals surface area (Å²) in [5, 5.41) is 11.7. The molecule has 0 aromatic carbocycles. The van der Waals surface area contributed by atoms with Crippen molar-refractivity contribution in [1.29, 1.82) is 0 Å². The van der Waals surface area contributed by atoms with Gasteiger partial charge in [0.1, 0.15) is 5.60 Å². The van der Waals surface area contributed by atoms with Crippen LogP contribution in [0.4, 0.5) is 4.79 Å². The second-order valence-corrected chi connectivity index (χ2v) is 11.5. The number of rotatable bonds is 8. The van der Waals surface area contributed by atoms with Crippen molar-refractivity contribution in [2.24, 2.45) is 11.3 Å². The van der Waals surface area contributed by atoms with Gasteiger partial charge in [-0.05, 0) is 45.4 Å². The van der Waals surface area contributed by atoms with Crippen LogP contribution in [0.1, 0.15) is 46.5 Å². The number of hydrogen-bond donors (Lipinski definition) is 2. The minimum absolute atomic E-state index is 0.0266. The van der Waals surface area contributed by atoms with E-state index in [0.717, 1.165) is 19.3 Å². The van der Waals surface area contributed by atoms with Gasteiger partial charge in [-0.15, -0.1) is 0 Å². The number of carbonyl (C=O) groups is 3. The van der Waals surface area contributed by atoms with Gasteiger partial charge in [-0.3, -0.25) is 9.59 Å². The van der Waals surface area contributed by atoms with Crippen molar-refractivity contribution in [3.8, 4) is 0 Å². The van der Waals surface area contributed by atoms with Crippen LogP contribution in [0.3, 0.4) is 0 Å². The standard InChI is InChI=1S/C20H34N2O6S2/c1-19(2,3)28-18(26)22-9-5-20(6-10-27-11-7-20)15(14-22)17(25)21-8-13-30-29-12-4-16(23)24/h15H,4-14H2,1-3H3,(H,21,25)(H,23,24). The van der Waals surface area contributed by atoms with Gasteiger partial charge in [-0.1, -0.05) is 21.6 Å². The number of amides is 2. The molecule has 0 bridgehead atoms. The summed E-state index contributed by atoms with van der Waals surface area (Å²) in [5.74, 6) is 0.137. The smallest absolute Gasteiger partial charge is 0.410 e. The molecule has 2 heterocycles. The summed E-state index contributed by atoms with van der Waals surface area (Å²) < 4.78 is 11.0. The number of likely N-dealkylation sites (tertiary alicyclic amines) is 1.